The lowest BCUT2D eigenvalue weighted by Crippen LogP contribution is -2.38. The van der Waals surface area contributed by atoms with Crippen molar-refractivity contribution in [1.29, 1.82) is 0 Å². The van der Waals surface area contributed by atoms with E-state index < -0.39 is 0 Å². The van der Waals surface area contributed by atoms with E-state index in [0.29, 0.717) is 24.8 Å². The molecule has 5 nitrogen and oxygen atoms in total. The Bertz CT molecular complexity index is 810. The molecule has 1 aromatic carbocycles. The molecule has 0 aliphatic heterocycles. The molecule has 1 atom stereocenters. The summed E-state index contributed by atoms with van der Waals surface area (Å²) in [7, 11) is 0. The zero-order valence-electron chi connectivity index (χ0n) is 17.2. The minimum absolute atomic E-state index is 0. The lowest BCUT2D eigenvalue weighted by Gasteiger charge is -2.19. The maximum Gasteiger partial charge on any atom is 0.191 e. The summed E-state index contributed by atoms with van der Waals surface area (Å²) in [6.45, 7) is 8.10. The maximum atomic E-state index is 14.4. The monoisotopic (exact) mass is 532 g/mol. The molecule has 2 aromatic rings. The van der Waals surface area contributed by atoms with Crippen LogP contribution in [0.4, 0.5) is 4.39 Å². The fourth-order valence-corrected chi connectivity index (χ4v) is 3.56. The van der Waals surface area contributed by atoms with E-state index in [1.54, 1.807) is 23.5 Å². The zero-order valence-corrected chi connectivity index (χ0v) is 20.4. The van der Waals surface area contributed by atoms with Crippen molar-refractivity contribution in [3.8, 4) is 5.75 Å². The fraction of sp³-hybridized carbons (Fsp3) is 0.524. The summed E-state index contributed by atoms with van der Waals surface area (Å²) in [5.41, 5.74) is 0.859. The molecule has 1 aromatic heterocycles. The van der Waals surface area contributed by atoms with Crippen molar-refractivity contribution in [2.45, 2.75) is 46.1 Å². The summed E-state index contributed by atoms with van der Waals surface area (Å²) in [6.07, 6.45) is 5.08. The van der Waals surface area contributed by atoms with Gasteiger partial charge in [0.1, 0.15) is 0 Å². The summed E-state index contributed by atoms with van der Waals surface area (Å²) in [4.78, 5) is 10.2. The third-order valence-corrected chi connectivity index (χ3v) is 5.56. The van der Waals surface area contributed by atoms with Gasteiger partial charge >= 0.3 is 0 Å². The van der Waals surface area contributed by atoms with Gasteiger partial charge in [-0.3, -0.25) is 4.99 Å². The SMILES string of the molecule is CCNC(=NCCc1ncc(C)s1)NC(C)c1ccc(OCC2CC2)c(F)c1.I. The second-order valence-electron chi connectivity index (χ2n) is 7.19. The molecule has 0 amide bonds. The Balaban J connectivity index is 0.00000300. The van der Waals surface area contributed by atoms with Gasteiger partial charge in [-0.1, -0.05) is 6.07 Å². The smallest absolute Gasteiger partial charge is 0.191 e. The molecule has 3 rings (SSSR count). The van der Waals surface area contributed by atoms with E-state index in [2.05, 4.69) is 27.5 Å². The molecular formula is C21H30FIN4OS. The predicted molar refractivity (Wildman–Crippen MR) is 128 cm³/mol. The topological polar surface area (TPSA) is 58.5 Å². The average molecular weight is 532 g/mol. The van der Waals surface area contributed by atoms with E-state index in [1.807, 2.05) is 26.1 Å². The highest BCUT2D eigenvalue weighted by Gasteiger charge is 2.22. The minimum Gasteiger partial charge on any atom is -0.490 e. The first kappa shape index (κ1) is 23.9. The number of aromatic nitrogens is 1. The summed E-state index contributed by atoms with van der Waals surface area (Å²) >= 11 is 1.70. The number of aryl methyl sites for hydroxylation is 1. The second kappa shape index (κ2) is 11.7. The largest absolute Gasteiger partial charge is 0.490 e. The van der Waals surface area contributed by atoms with Crippen LogP contribution in [0.2, 0.25) is 0 Å². The normalized spacial score (nSPS) is 14.8. The molecule has 0 spiro atoms. The van der Waals surface area contributed by atoms with E-state index >= 15 is 0 Å². The van der Waals surface area contributed by atoms with Gasteiger partial charge < -0.3 is 15.4 Å². The average Bonchev–Trinajstić information content (AvgIpc) is 3.41. The van der Waals surface area contributed by atoms with Crippen molar-refractivity contribution in [1.82, 2.24) is 15.6 Å². The van der Waals surface area contributed by atoms with Crippen LogP contribution in [-0.2, 0) is 6.42 Å². The molecule has 0 radical (unpaired) electrons. The summed E-state index contributed by atoms with van der Waals surface area (Å²) in [5.74, 6) is 1.35. The van der Waals surface area contributed by atoms with E-state index in [0.717, 1.165) is 29.5 Å². The van der Waals surface area contributed by atoms with E-state index in [4.69, 9.17) is 4.74 Å². The number of hydrogen-bond acceptors (Lipinski definition) is 4. The first-order valence-corrected chi connectivity index (χ1v) is 10.7. The van der Waals surface area contributed by atoms with Crippen LogP contribution < -0.4 is 15.4 Å². The molecule has 1 heterocycles. The predicted octanol–water partition coefficient (Wildman–Crippen LogP) is 4.86. The molecule has 29 heavy (non-hydrogen) atoms. The Morgan fingerprint density at radius 3 is 2.83 bits per heavy atom. The highest BCUT2D eigenvalue weighted by atomic mass is 127. The van der Waals surface area contributed by atoms with Crippen LogP contribution in [-0.4, -0.2) is 30.6 Å². The third-order valence-electron chi connectivity index (χ3n) is 4.59. The number of thiazole rings is 1. The molecular weight excluding hydrogens is 502 g/mol. The Hall–Kier alpha value is -1.42. The van der Waals surface area contributed by atoms with Crippen LogP contribution in [0.3, 0.4) is 0 Å². The van der Waals surface area contributed by atoms with Gasteiger partial charge in [0.25, 0.3) is 0 Å². The number of guanidine groups is 1. The number of nitrogens with one attached hydrogen (secondary N) is 2. The molecule has 0 saturated heterocycles. The number of rotatable bonds is 9. The minimum atomic E-state index is -0.312. The summed E-state index contributed by atoms with van der Waals surface area (Å²) in [6, 6.07) is 5.10. The molecule has 0 bridgehead atoms. The number of ether oxygens (including phenoxy) is 1. The third kappa shape index (κ3) is 7.73. The van der Waals surface area contributed by atoms with Gasteiger partial charge in [0.15, 0.2) is 17.5 Å². The summed E-state index contributed by atoms with van der Waals surface area (Å²) in [5, 5.41) is 7.68. The van der Waals surface area contributed by atoms with E-state index in [-0.39, 0.29) is 35.8 Å². The van der Waals surface area contributed by atoms with Crippen molar-refractivity contribution in [3.63, 3.8) is 0 Å². The molecule has 1 aliphatic carbocycles. The van der Waals surface area contributed by atoms with Crippen molar-refractivity contribution in [3.05, 3.63) is 45.7 Å². The van der Waals surface area contributed by atoms with Crippen molar-refractivity contribution in [2.24, 2.45) is 10.9 Å². The van der Waals surface area contributed by atoms with Crippen molar-refractivity contribution < 1.29 is 9.13 Å². The lowest BCUT2D eigenvalue weighted by atomic mass is 10.1. The number of hydrogen-bond donors (Lipinski definition) is 2. The highest BCUT2D eigenvalue weighted by molar-refractivity contribution is 14.0. The first-order chi connectivity index (χ1) is 13.5. The number of benzene rings is 1. The number of halogens is 2. The van der Waals surface area contributed by atoms with E-state index in [1.165, 1.54) is 17.7 Å². The van der Waals surface area contributed by atoms with E-state index in [9.17, 15) is 4.39 Å². The molecule has 1 saturated carbocycles. The van der Waals surface area contributed by atoms with Gasteiger partial charge in [-0.15, -0.1) is 35.3 Å². The van der Waals surface area contributed by atoms with Gasteiger partial charge in [0.2, 0.25) is 0 Å². The summed E-state index contributed by atoms with van der Waals surface area (Å²) < 4.78 is 19.9. The van der Waals surface area contributed by atoms with Crippen LogP contribution >= 0.6 is 35.3 Å². The van der Waals surface area contributed by atoms with Gasteiger partial charge in [0, 0.05) is 30.6 Å². The van der Waals surface area contributed by atoms with Gasteiger partial charge in [0.05, 0.1) is 17.7 Å². The maximum absolute atomic E-state index is 14.4. The molecule has 160 valence electrons. The zero-order chi connectivity index (χ0) is 19.9. The molecule has 1 aliphatic rings. The Kier molecular flexibility index (Phi) is 9.61. The fourth-order valence-electron chi connectivity index (χ4n) is 2.78. The Morgan fingerprint density at radius 2 is 2.21 bits per heavy atom. The quantitative estimate of drug-likeness (QED) is 0.275. The van der Waals surface area contributed by atoms with Crippen molar-refractivity contribution >= 4 is 41.3 Å². The standard InChI is InChI=1S/C21H29FN4OS.HI/c1-4-23-21(24-10-9-20-25-12-14(2)28-20)26-15(3)17-7-8-19(18(22)11-17)27-13-16-5-6-16;/h7-8,11-12,15-16H,4-6,9-10,13H2,1-3H3,(H2,23,24,26);1H. The molecule has 2 N–H and O–H groups in total. The van der Waals surface area contributed by atoms with Gasteiger partial charge in [-0.05, 0) is 57.2 Å². The second-order valence-corrected chi connectivity index (χ2v) is 8.50. The Morgan fingerprint density at radius 1 is 1.41 bits per heavy atom. The van der Waals surface area contributed by atoms with Crippen LogP contribution in [0.1, 0.15) is 48.2 Å². The highest BCUT2D eigenvalue weighted by Crippen LogP contribution is 2.30. The molecule has 8 heteroatoms. The lowest BCUT2D eigenvalue weighted by molar-refractivity contribution is 0.285. The van der Waals surface area contributed by atoms with Crippen LogP contribution in [0.5, 0.6) is 5.75 Å². The van der Waals surface area contributed by atoms with Gasteiger partial charge in [-0.25, -0.2) is 9.37 Å². The van der Waals surface area contributed by atoms with Crippen LogP contribution in [0.15, 0.2) is 29.4 Å². The Labute approximate surface area is 193 Å². The first-order valence-electron chi connectivity index (χ1n) is 9.93. The van der Waals surface area contributed by atoms with Crippen molar-refractivity contribution in [2.75, 3.05) is 19.7 Å². The van der Waals surface area contributed by atoms with Crippen LogP contribution in [0.25, 0.3) is 0 Å². The number of nitrogens with zero attached hydrogens (tertiary/aromatic N) is 2. The van der Waals surface area contributed by atoms with Crippen LogP contribution in [0, 0.1) is 18.7 Å². The molecule has 1 unspecified atom stereocenters. The number of aliphatic imine (C=N–C) groups is 1. The van der Waals surface area contributed by atoms with Gasteiger partial charge in [-0.2, -0.15) is 0 Å². The molecule has 1 fully saturated rings.